The quantitative estimate of drug-likeness (QED) is 0.760. The summed E-state index contributed by atoms with van der Waals surface area (Å²) in [6.07, 6.45) is 2.93. The average molecular weight is 448 g/mol. The molecular formula is C22H29N3O5S. The number of likely N-dealkylation sites (tertiary alicyclic amines) is 1. The molecule has 2 aliphatic rings. The summed E-state index contributed by atoms with van der Waals surface area (Å²) in [5, 5.41) is 0. The maximum Gasteiger partial charge on any atom is 0.270 e. The molecule has 1 aromatic heterocycles. The number of hydrogen-bond donors (Lipinski definition) is 1. The van der Waals surface area contributed by atoms with E-state index >= 15 is 0 Å². The molecule has 0 spiro atoms. The van der Waals surface area contributed by atoms with Crippen LogP contribution in [0.5, 0.6) is 5.75 Å². The number of morpholine rings is 1. The molecule has 2 aliphatic heterocycles. The molecule has 1 amide bonds. The molecule has 0 aliphatic carbocycles. The van der Waals surface area contributed by atoms with Crippen molar-refractivity contribution in [3.8, 4) is 5.75 Å². The summed E-state index contributed by atoms with van der Waals surface area (Å²) in [4.78, 5) is 17.6. The van der Waals surface area contributed by atoms with Crippen molar-refractivity contribution in [3.63, 3.8) is 0 Å². The minimum atomic E-state index is -3.63. The SMILES string of the molecule is Cc1ccc(C)c(OC2CCN(C(=O)c3cc(S(=O)(=O)N4CCOCC4)c[nH]3)CC2)c1. The van der Waals surface area contributed by atoms with Gasteiger partial charge in [0.2, 0.25) is 10.0 Å². The van der Waals surface area contributed by atoms with Gasteiger partial charge in [0, 0.05) is 45.2 Å². The molecule has 0 radical (unpaired) electrons. The van der Waals surface area contributed by atoms with Gasteiger partial charge in [0.05, 0.1) is 13.2 Å². The molecule has 0 atom stereocenters. The minimum absolute atomic E-state index is 0.0606. The number of aromatic nitrogens is 1. The van der Waals surface area contributed by atoms with Gasteiger partial charge in [0.1, 0.15) is 22.4 Å². The zero-order valence-electron chi connectivity index (χ0n) is 18.0. The summed E-state index contributed by atoms with van der Waals surface area (Å²) in [7, 11) is -3.63. The van der Waals surface area contributed by atoms with Gasteiger partial charge < -0.3 is 19.4 Å². The van der Waals surface area contributed by atoms with Gasteiger partial charge in [0.25, 0.3) is 5.91 Å². The highest BCUT2D eigenvalue weighted by molar-refractivity contribution is 7.89. The number of nitrogens with zero attached hydrogens (tertiary/aromatic N) is 2. The topological polar surface area (TPSA) is 91.9 Å². The molecule has 3 heterocycles. The van der Waals surface area contributed by atoms with Crippen LogP contribution in [-0.4, -0.2) is 74.0 Å². The standard InChI is InChI=1S/C22H29N3O5S/c1-16-3-4-17(2)21(13-16)30-18-5-7-24(8-6-18)22(26)20-14-19(15-23-20)31(27,28)25-9-11-29-12-10-25/h3-4,13-15,18,23H,5-12H2,1-2H3. The summed E-state index contributed by atoms with van der Waals surface area (Å²) in [5.41, 5.74) is 2.55. The van der Waals surface area contributed by atoms with Crippen molar-refractivity contribution in [1.82, 2.24) is 14.2 Å². The zero-order chi connectivity index (χ0) is 22.0. The largest absolute Gasteiger partial charge is 0.490 e. The van der Waals surface area contributed by atoms with Crippen molar-refractivity contribution >= 4 is 15.9 Å². The molecular weight excluding hydrogens is 418 g/mol. The van der Waals surface area contributed by atoms with E-state index in [9.17, 15) is 13.2 Å². The van der Waals surface area contributed by atoms with E-state index in [1.54, 1.807) is 4.90 Å². The molecule has 0 bridgehead atoms. The Balaban J connectivity index is 1.36. The lowest BCUT2D eigenvalue weighted by molar-refractivity contribution is 0.0589. The van der Waals surface area contributed by atoms with Crippen LogP contribution in [-0.2, 0) is 14.8 Å². The first-order valence-electron chi connectivity index (χ1n) is 10.6. The maximum atomic E-state index is 12.9. The summed E-state index contributed by atoms with van der Waals surface area (Å²) in [6, 6.07) is 7.60. The molecule has 1 aromatic carbocycles. The molecule has 2 saturated heterocycles. The molecule has 8 nitrogen and oxygen atoms in total. The van der Waals surface area contributed by atoms with Gasteiger partial charge in [-0.1, -0.05) is 12.1 Å². The number of rotatable bonds is 5. The number of H-pyrrole nitrogens is 1. The lowest BCUT2D eigenvalue weighted by Crippen LogP contribution is -2.42. The summed E-state index contributed by atoms with van der Waals surface area (Å²) >= 11 is 0. The van der Waals surface area contributed by atoms with Crippen LogP contribution in [0.25, 0.3) is 0 Å². The first-order valence-corrected chi connectivity index (χ1v) is 12.1. The number of amides is 1. The van der Waals surface area contributed by atoms with E-state index < -0.39 is 10.0 Å². The van der Waals surface area contributed by atoms with Crippen LogP contribution in [0.3, 0.4) is 0 Å². The number of piperidine rings is 1. The van der Waals surface area contributed by atoms with Gasteiger partial charge in [-0.05, 0) is 37.1 Å². The molecule has 0 saturated carbocycles. The first kappa shape index (κ1) is 21.9. The van der Waals surface area contributed by atoms with Crippen LogP contribution >= 0.6 is 0 Å². The highest BCUT2D eigenvalue weighted by Crippen LogP contribution is 2.25. The molecule has 2 fully saturated rings. The number of hydrogen-bond acceptors (Lipinski definition) is 5. The van der Waals surface area contributed by atoms with Crippen LogP contribution in [0.15, 0.2) is 35.4 Å². The molecule has 4 rings (SSSR count). The number of carbonyl (C=O) groups is 1. The molecule has 31 heavy (non-hydrogen) atoms. The Morgan fingerprint density at radius 1 is 1.10 bits per heavy atom. The molecule has 1 N–H and O–H groups in total. The second kappa shape index (κ2) is 9.02. The van der Waals surface area contributed by atoms with E-state index in [2.05, 4.69) is 17.1 Å². The molecule has 0 unspecified atom stereocenters. The fourth-order valence-corrected chi connectivity index (χ4v) is 5.35. The third-order valence-corrected chi connectivity index (χ3v) is 7.74. The Hall–Kier alpha value is -2.36. The van der Waals surface area contributed by atoms with Crippen molar-refractivity contribution in [2.75, 3.05) is 39.4 Å². The lowest BCUT2D eigenvalue weighted by atomic mass is 10.1. The predicted molar refractivity (Wildman–Crippen MR) is 116 cm³/mol. The van der Waals surface area contributed by atoms with E-state index in [1.807, 2.05) is 19.9 Å². The highest BCUT2D eigenvalue weighted by atomic mass is 32.2. The second-order valence-electron chi connectivity index (χ2n) is 8.14. The first-order chi connectivity index (χ1) is 14.8. The Morgan fingerprint density at radius 3 is 2.52 bits per heavy atom. The van der Waals surface area contributed by atoms with Gasteiger partial charge in [-0.3, -0.25) is 4.79 Å². The third-order valence-electron chi connectivity index (χ3n) is 5.86. The third kappa shape index (κ3) is 4.78. The zero-order valence-corrected chi connectivity index (χ0v) is 18.8. The molecule has 2 aromatic rings. The van der Waals surface area contributed by atoms with E-state index in [0.29, 0.717) is 45.1 Å². The van der Waals surface area contributed by atoms with Crippen molar-refractivity contribution < 1.29 is 22.7 Å². The fraction of sp³-hybridized carbons (Fsp3) is 0.500. The Morgan fingerprint density at radius 2 is 1.81 bits per heavy atom. The molecule has 168 valence electrons. The summed E-state index contributed by atoms with van der Waals surface area (Å²) < 4.78 is 38.3. The number of benzene rings is 1. The van der Waals surface area contributed by atoms with Gasteiger partial charge in [-0.25, -0.2) is 8.42 Å². The maximum absolute atomic E-state index is 12.9. The van der Waals surface area contributed by atoms with Gasteiger partial charge in [0.15, 0.2) is 0 Å². The molecule has 9 heteroatoms. The number of ether oxygens (including phenoxy) is 2. The lowest BCUT2D eigenvalue weighted by Gasteiger charge is -2.32. The number of aromatic amines is 1. The summed E-state index contributed by atoms with van der Waals surface area (Å²) in [5.74, 6) is 0.709. The van der Waals surface area contributed by atoms with Crippen LogP contribution in [0, 0.1) is 13.8 Å². The number of nitrogens with one attached hydrogen (secondary N) is 1. The number of aryl methyl sites for hydroxylation is 2. The Bertz CT molecular complexity index is 1040. The summed E-state index contributed by atoms with van der Waals surface area (Å²) in [6.45, 7) is 6.62. The van der Waals surface area contributed by atoms with Crippen LogP contribution in [0.4, 0.5) is 0 Å². The van der Waals surface area contributed by atoms with Crippen molar-refractivity contribution in [3.05, 3.63) is 47.3 Å². The van der Waals surface area contributed by atoms with Gasteiger partial charge in [-0.15, -0.1) is 0 Å². The van der Waals surface area contributed by atoms with Crippen molar-refractivity contribution in [2.24, 2.45) is 0 Å². The second-order valence-corrected chi connectivity index (χ2v) is 10.1. The average Bonchev–Trinajstić information content (AvgIpc) is 3.28. The fourth-order valence-electron chi connectivity index (χ4n) is 3.94. The minimum Gasteiger partial charge on any atom is -0.490 e. The number of carbonyl (C=O) groups excluding carboxylic acids is 1. The van der Waals surface area contributed by atoms with Gasteiger partial charge in [-0.2, -0.15) is 4.31 Å². The van der Waals surface area contributed by atoms with E-state index in [1.165, 1.54) is 16.6 Å². The van der Waals surface area contributed by atoms with Crippen LogP contribution in [0.2, 0.25) is 0 Å². The smallest absolute Gasteiger partial charge is 0.270 e. The number of sulfonamides is 1. The van der Waals surface area contributed by atoms with E-state index in [4.69, 9.17) is 9.47 Å². The van der Waals surface area contributed by atoms with Gasteiger partial charge >= 0.3 is 0 Å². The van der Waals surface area contributed by atoms with Crippen molar-refractivity contribution in [2.45, 2.75) is 37.7 Å². The predicted octanol–water partition coefficient (Wildman–Crippen LogP) is 2.34. The van der Waals surface area contributed by atoms with E-state index in [-0.39, 0.29) is 16.9 Å². The highest BCUT2D eigenvalue weighted by Gasteiger charge is 2.30. The Kier molecular flexibility index (Phi) is 6.36. The van der Waals surface area contributed by atoms with Crippen LogP contribution < -0.4 is 4.74 Å². The van der Waals surface area contributed by atoms with Crippen molar-refractivity contribution in [1.29, 1.82) is 0 Å². The normalized spacial score (nSPS) is 18.8. The monoisotopic (exact) mass is 447 g/mol. The van der Waals surface area contributed by atoms with Crippen LogP contribution in [0.1, 0.15) is 34.5 Å². The van der Waals surface area contributed by atoms with E-state index in [0.717, 1.165) is 29.7 Å². The Labute approximate surface area is 183 Å².